The molecule has 1 N–H and O–H groups in total. The van der Waals surface area contributed by atoms with E-state index in [2.05, 4.69) is 35.1 Å². The number of fused-ring (bicyclic) bond motifs is 1. The molecule has 0 atom stereocenters. The van der Waals surface area contributed by atoms with Gasteiger partial charge in [0.1, 0.15) is 0 Å². The molecule has 5 nitrogen and oxygen atoms in total. The van der Waals surface area contributed by atoms with Gasteiger partial charge in [0.2, 0.25) is 5.91 Å². The average Bonchev–Trinajstić information content (AvgIpc) is 2.78. The van der Waals surface area contributed by atoms with Gasteiger partial charge in [-0.3, -0.25) is 14.2 Å². The second-order valence-electron chi connectivity index (χ2n) is 7.65. The van der Waals surface area contributed by atoms with Gasteiger partial charge < -0.3 is 5.32 Å². The first-order valence-corrected chi connectivity index (χ1v) is 12.0. The lowest BCUT2D eigenvalue weighted by Crippen LogP contribution is -2.23. The molecule has 3 aromatic carbocycles. The normalized spacial score (nSPS) is 11.1. The fourth-order valence-electron chi connectivity index (χ4n) is 3.34. The highest BCUT2D eigenvalue weighted by Crippen LogP contribution is 2.23. The van der Waals surface area contributed by atoms with E-state index in [1.807, 2.05) is 66.7 Å². The van der Waals surface area contributed by atoms with Crippen LogP contribution in [0.2, 0.25) is 0 Å². The summed E-state index contributed by atoms with van der Waals surface area (Å²) in [7, 11) is 0. The number of rotatable bonds is 6. The number of amides is 1. The SMILES string of the molecule is CC(C)c1ccc(-n2c(SCC(=O)Nc3cccc(Br)c3)nc3ccccc3c2=O)cc1. The molecule has 162 valence electrons. The zero-order valence-electron chi connectivity index (χ0n) is 17.7. The molecule has 32 heavy (non-hydrogen) atoms. The quantitative estimate of drug-likeness (QED) is 0.256. The van der Waals surface area contributed by atoms with Gasteiger partial charge in [-0.1, -0.05) is 71.9 Å². The Morgan fingerprint density at radius 2 is 1.81 bits per heavy atom. The van der Waals surface area contributed by atoms with Gasteiger partial charge >= 0.3 is 0 Å². The molecule has 7 heteroatoms. The largest absolute Gasteiger partial charge is 0.325 e. The van der Waals surface area contributed by atoms with Gasteiger partial charge in [-0.15, -0.1) is 0 Å². The smallest absolute Gasteiger partial charge is 0.266 e. The first-order valence-electron chi connectivity index (χ1n) is 10.2. The maximum Gasteiger partial charge on any atom is 0.266 e. The van der Waals surface area contributed by atoms with Gasteiger partial charge in [-0.05, 0) is 53.9 Å². The summed E-state index contributed by atoms with van der Waals surface area (Å²) in [6, 6.07) is 22.6. The van der Waals surface area contributed by atoms with Crippen molar-refractivity contribution in [1.82, 2.24) is 9.55 Å². The van der Waals surface area contributed by atoms with E-state index in [1.165, 1.54) is 17.3 Å². The molecule has 1 aromatic heterocycles. The van der Waals surface area contributed by atoms with Crippen LogP contribution in [-0.2, 0) is 4.79 Å². The summed E-state index contributed by atoms with van der Waals surface area (Å²) in [4.78, 5) is 30.6. The summed E-state index contributed by atoms with van der Waals surface area (Å²) in [6.45, 7) is 4.26. The minimum Gasteiger partial charge on any atom is -0.325 e. The van der Waals surface area contributed by atoms with Crippen molar-refractivity contribution < 1.29 is 4.79 Å². The van der Waals surface area contributed by atoms with E-state index in [0.717, 1.165) is 10.2 Å². The molecule has 0 spiro atoms. The molecule has 0 aliphatic heterocycles. The van der Waals surface area contributed by atoms with Crippen molar-refractivity contribution >= 4 is 50.2 Å². The Bertz CT molecular complexity index is 1330. The summed E-state index contributed by atoms with van der Waals surface area (Å²) in [6.07, 6.45) is 0. The molecule has 0 radical (unpaired) electrons. The minimum atomic E-state index is -0.169. The highest BCUT2D eigenvalue weighted by molar-refractivity contribution is 9.10. The Hall–Kier alpha value is -2.90. The topological polar surface area (TPSA) is 64.0 Å². The second-order valence-corrected chi connectivity index (χ2v) is 9.50. The predicted octanol–water partition coefficient (Wildman–Crippen LogP) is 6.00. The summed E-state index contributed by atoms with van der Waals surface area (Å²) in [5.41, 5.74) is 3.09. The summed E-state index contributed by atoms with van der Waals surface area (Å²) in [5, 5.41) is 3.91. The molecular weight excluding hydrogens is 486 g/mol. The van der Waals surface area contributed by atoms with Gasteiger partial charge in [0.05, 0.1) is 22.3 Å². The molecule has 0 aliphatic carbocycles. The van der Waals surface area contributed by atoms with E-state index in [4.69, 9.17) is 4.98 Å². The Morgan fingerprint density at radius 1 is 1.06 bits per heavy atom. The van der Waals surface area contributed by atoms with Crippen molar-refractivity contribution in [3.63, 3.8) is 0 Å². The van der Waals surface area contributed by atoms with Gasteiger partial charge in [0, 0.05) is 10.2 Å². The summed E-state index contributed by atoms with van der Waals surface area (Å²) in [5.74, 6) is 0.352. The summed E-state index contributed by atoms with van der Waals surface area (Å²) < 4.78 is 2.47. The van der Waals surface area contributed by atoms with Crippen molar-refractivity contribution in [1.29, 1.82) is 0 Å². The monoisotopic (exact) mass is 507 g/mol. The molecule has 4 rings (SSSR count). The number of carbonyl (C=O) groups is 1. The van der Waals surface area contributed by atoms with E-state index in [0.29, 0.717) is 27.7 Å². The number of aromatic nitrogens is 2. The number of hydrogen-bond acceptors (Lipinski definition) is 4. The maximum absolute atomic E-state index is 13.3. The molecule has 1 heterocycles. The van der Waals surface area contributed by atoms with Gasteiger partial charge in [0.15, 0.2) is 5.16 Å². The lowest BCUT2D eigenvalue weighted by atomic mass is 10.0. The van der Waals surface area contributed by atoms with Crippen LogP contribution in [0.5, 0.6) is 0 Å². The van der Waals surface area contributed by atoms with Crippen LogP contribution in [0.1, 0.15) is 25.3 Å². The van der Waals surface area contributed by atoms with Crippen LogP contribution in [0.25, 0.3) is 16.6 Å². The zero-order valence-corrected chi connectivity index (χ0v) is 20.1. The molecular formula is C25H22BrN3O2S. The molecule has 0 unspecified atom stereocenters. The number of anilines is 1. The number of halogens is 1. The highest BCUT2D eigenvalue weighted by atomic mass is 79.9. The predicted molar refractivity (Wildman–Crippen MR) is 135 cm³/mol. The molecule has 1 amide bonds. The van der Waals surface area contributed by atoms with Crippen LogP contribution in [0.15, 0.2) is 87.2 Å². The van der Waals surface area contributed by atoms with E-state index in [9.17, 15) is 9.59 Å². The number of carbonyl (C=O) groups excluding carboxylic acids is 1. The van der Waals surface area contributed by atoms with Gasteiger partial charge in [0.25, 0.3) is 5.56 Å². The van der Waals surface area contributed by atoms with Crippen LogP contribution in [-0.4, -0.2) is 21.2 Å². The molecule has 0 saturated heterocycles. The minimum absolute atomic E-state index is 0.126. The van der Waals surface area contributed by atoms with Crippen molar-refractivity contribution in [3.05, 3.63) is 93.2 Å². The lowest BCUT2D eigenvalue weighted by molar-refractivity contribution is -0.113. The van der Waals surface area contributed by atoms with Crippen molar-refractivity contribution in [2.45, 2.75) is 24.9 Å². The molecule has 0 bridgehead atoms. The number of nitrogens with zero attached hydrogens (tertiary/aromatic N) is 2. The Balaban J connectivity index is 1.67. The van der Waals surface area contributed by atoms with Crippen LogP contribution in [0, 0.1) is 0 Å². The second kappa shape index (κ2) is 9.71. The Labute approximate surface area is 199 Å². The van der Waals surface area contributed by atoms with Crippen LogP contribution >= 0.6 is 27.7 Å². The van der Waals surface area contributed by atoms with E-state index in [1.54, 1.807) is 10.6 Å². The van der Waals surface area contributed by atoms with Gasteiger partial charge in [-0.25, -0.2) is 4.98 Å². The standard InChI is InChI=1S/C25H22BrN3O2S/c1-16(2)17-10-12-20(13-11-17)29-24(31)21-8-3-4-9-22(21)28-25(29)32-15-23(30)27-19-7-5-6-18(26)14-19/h3-14,16H,15H2,1-2H3,(H,27,30). The maximum atomic E-state index is 13.3. The number of para-hydroxylation sites is 1. The summed E-state index contributed by atoms with van der Waals surface area (Å²) >= 11 is 4.64. The molecule has 0 fully saturated rings. The number of nitrogens with one attached hydrogen (secondary N) is 1. The fraction of sp³-hybridized carbons (Fsp3) is 0.160. The number of thioether (sulfide) groups is 1. The average molecular weight is 508 g/mol. The Morgan fingerprint density at radius 3 is 2.53 bits per heavy atom. The Kier molecular flexibility index (Phi) is 6.77. The fourth-order valence-corrected chi connectivity index (χ4v) is 4.55. The lowest BCUT2D eigenvalue weighted by Gasteiger charge is -2.14. The van der Waals surface area contributed by atoms with E-state index >= 15 is 0 Å². The van der Waals surface area contributed by atoms with Crippen molar-refractivity contribution in [3.8, 4) is 5.69 Å². The van der Waals surface area contributed by atoms with Crippen molar-refractivity contribution in [2.75, 3.05) is 11.1 Å². The number of benzene rings is 3. The van der Waals surface area contributed by atoms with Crippen LogP contribution in [0.4, 0.5) is 5.69 Å². The first kappa shape index (κ1) is 22.3. The van der Waals surface area contributed by atoms with Crippen LogP contribution in [0.3, 0.4) is 0 Å². The van der Waals surface area contributed by atoms with E-state index < -0.39 is 0 Å². The van der Waals surface area contributed by atoms with E-state index in [-0.39, 0.29) is 17.2 Å². The van der Waals surface area contributed by atoms with Crippen molar-refractivity contribution in [2.24, 2.45) is 0 Å². The van der Waals surface area contributed by atoms with Crippen LogP contribution < -0.4 is 10.9 Å². The zero-order chi connectivity index (χ0) is 22.7. The third-order valence-electron chi connectivity index (χ3n) is 5.00. The third kappa shape index (κ3) is 4.95. The molecule has 4 aromatic rings. The highest BCUT2D eigenvalue weighted by Gasteiger charge is 2.15. The molecule has 0 aliphatic rings. The number of hydrogen-bond donors (Lipinski definition) is 1. The molecule has 0 saturated carbocycles. The third-order valence-corrected chi connectivity index (χ3v) is 6.44. The van der Waals surface area contributed by atoms with Gasteiger partial charge in [-0.2, -0.15) is 0 Å². The first-order chi connectivity index (χ1) is 15.4.